The molecule has 4 aromatic rings. The summed E-state index contributed by atoms with van der Waals surface area (Å²) in [6, 6.07) is 24.5. The zero-order valence-electron chi connectivity index (χ0n) is 23.6. The van der Waals surface area contributed by atoms with Crippen molar-refractivity contribution in [2.24, 2.45) is 0 Å². The zero-order valence-corrected chi connectivity index (χ0v) is 23.6. The number of hydrogen-bond acceptors (Lipinski definition) is 6. The van der Waals surface area contributed by atoms with E-state index in [0.29, 0.717) is 6.54 Å². The first-order chi connectivity index (χ1) is 21.3. The number of benzene rings is 4. The second-order valence-corrected chi connectivity index (χ2v) is 10.8. The van der Waals surface area contributed by atoms with Gasteiger partial charge in [-0.15, -0.1) is 0 Å². The van der Waals surface area contributed by atoms with Crippen LogP contribution >= 0.6 is 0 Å². The van der Waals surface area contributed by atoms with Crippen molar-refractivity contribution in [1.82, 2.24) is 20.9 Å². The van der Waals surface area contributed by atoms with Gasteiger partial charge in [-0.25, -0.2) is 0 Å². The molecule has 0 saturated carbocycles. The van der Waals surface area contributed by atoms with E-state index >= 15 is 0 Å². The van der Waals surface area contributed by atoms with Gasteiger partial charge in [0.2, 0.25) is 17.7 Å². The summed E-state index contributed by atoms with van der Waals surface area (Å²) in [6.45, 7) is 0.590. The van der Waals surface area contributed by atoms with E-state index in [9.17, 15) is 28.8 Å². The van der Waals surface area contributed by atoms with Gasteiger partial charge in [0.1, 0.15) is 6.04 Å². The van der Waals surface area contributed by atoms with Crippen LogP contribution in [0.25, 0.3) is 10.8 Å². The van der Waals surface area contributed by atoms with Crippen molar-refractivity contribution in [3.05, 3.63) is 118 Å². The molecule has 0 aromatic heterocycles. The number of carbonyl (C=O) groups excluding carboxylic acids is 6. The van der Waals surface area contributed by atoms with Crippen LogP contribution < -0.4 is 16.0 Å². The number of amides is 6. The molecule has 10 nitrogen and oxygen atoms in total. The lowest BCUT2D eigenvalue weighted by molar-refractivity contribution is -0.136. The first-order valence-corrected chi connectivity index (χ1v) is 14.2. The summed E-state index contributed by atoms with van der Waals surface area (Å²) in [5.41, 5.74) is 3.06. The molecule has 0 spiro atoms. The van der Waals surface area contributed by atoms with Crippen LogP contribution in [0.2, 0.25) is 0 Å². The van der Waals surface area contributed by atoms with Crippen molar-refractivity contribution >= 4 is 46.2 Å². The molecule has 2 heterocycles. The molecule has 0 radical (unpaired) electrons. The molecule has 10 heteroatoms. The molecule has 4 aromatic carbocycles. The summed E-state index contributed by atoms with van der Waals surface area (Å²) >= 11 is 0. The molecule has 0 aliphatic carbocycles. The fourth-order valence-electron chi connectivity index (χ4n) is 5.55. The number of imide groups is 2. The predicted octanol–water partition coefficient (Wildman–Crippen LogP) is 3.03. The third-order valence-corrected chi connectivity index (χ3v) is 7.90. The second kappa shape index (κ2) is 11.9. The molecule has 6 rings (SSSR count). The number of fused-ring (bicyclic) bond motifs is 2. The van der Waals surface area contributed by atoms with Gasteiger partial charge in [-0.3, -0.25) is 39.0 Å². The fourth-order valence-corrected chi connectivity index (χ4v) is 5.55. The summed E-state index contributed by atoms with van der Waals surface area (Å²) in [5, 5.41) is 10.1. The van der Waals surface area contributed by atoms with Crippen molar-refractivity contribution in [3.8, 4) is 0 Å². The Kier molecular flexibility index (Phi) is 7.72. The van der Waals surface area contributed by atoms with Crippen LogP contribution in [-0.4, -0.2) is 46.4 Å². The lowest BCUT2D eigenvalue weighted by atomic mass is 10.0. The van der Waals surface area contributed by atoms with E-state index in [1.54, 1.807) is 0 Å². The number of nitrogens with zero attached hydrogens (tertiary/aromatic N) is 1. The maximum absolute atomic E-state index is 13.0. The normalized spacial score (nSPS) is 16.1. The maximum Gasteiger partial charge on any atom is 0.262 e. The quantitative estimate of drug-likeness (QED) is 0.270. The van der Waals surface area contributed by atoms with Crippen molar-refractivity contribution in [3.63, 3.8) is 0 Å². The summed E-state index contributed by atoms with van der Waals surface area (Å²) < 4.78 is 0. The fraction of sp³-hybridized carbons (Fsp3) is 0.176. The number of nitrogens with one attached hydrogen (secondary N) is 3. The van der Waals surface area contributed by atoms with E-state index in [1.165, 1.54) is 18.2 Å². The summed E-state index contributed by atoms with van der Waals surface area (Å²) in [4.78, 5) is 76.0. The van der Waals surface area contributed by atoms with E-state index in [2.05, 4.69) is 16.0 Å². The molecule has 44 heavy (non-hydrogen) atoms. The van der Waals surface area contributed by atoms with E-state index < -0.39 is 35.6 Å². The van der Waals surface area contributed by atoms with E-state index in [1.807, 2.05) is 66.7 Å². The highest BCUT2D eigenvalue weighted by molar-refractivity contribution is 6.24. The Labute approximate surface area is 252 Å². The Balaban J connectivity index is 1.02. The third-order valence-electron chi connectivity index (χ3n) is 7.90. The van der Waals surface area contributed by atoms with Crippen LogP contribution in [0.15, 0.2) is 84.9 Å². The highest BCUT2D eigenvalue weighted by atomic mass is 16.2. The number of carbonyl (C=O) groups is 6. The van der Waals surface area contributed by atoms with E-state index in [0.717, 1.165) is 32.4 Å². The summed E-state index contributed by atoms with van der Waals surface area (Å²) in [7, 11) is 0. The van der Waals surface area contributed by atoms with Crippen LogP contribution in [0.4, 0.5) is 0 Å². The number of piperidine rings is 1. The average molecular weight is 589 g/mol. The van der Waals surface area contributed by atoms with Crippen molar-refractivity contribution in [1.29, 1.82) is 0 Å². The van der Waals surface area contributed by atoms with Crippen LogP contribution in [0.3, 0.4) is 0 Å². The molecule has 3 N–H and O–H groups in total. The van der Waals surface area contributed by atoms with Gasteiger partial charge in [0.05, 0.1) is 17.5 Å². The molecule has 220 valence electrons. The van der Waals surface area contributed by atoms with Crippen LogP contribution in [0.1, 0.15) is 60.6 Å². The van der Waals surface area contributed by atoms with Crippen molar-refractivity contribution in [2.75, 3.05) is 0 Å². The SMILES string of the molecule is O=C(Cc1cccc2ccccc12)NCc1ccc(CNC(=O)c2ccc3c(c2)C(=O)N(C2CCC(=O)NC2=O)C3=O)cc1. The number of hydrogen-bond donors (Lipinski definition) is 3. The van der Waals surface area contributed by atoms with E-state index in [4.69, 9.17) is 0 Å². The molecular weight excluding hydrogens is 560 g/mol. The average Bonchev–Trinajstić information content (AvgIpc) is 3.28. The number of rotatable bonds is 8. The topological polar surface area (TPSA) is 142 Å². The Morgan fingerprint density at radius 1 is 0.773 bits per heavy atom. The first-order valence-electron chi connectivity index (χ1n) is 14.2. The Bertz CT molecular complexity index is 1840. The molecule has 2 aliphatic heterocycles. The van der Waals surface area contributed by atoms with Gasteiger partial charge < -0.3 is 10.6 Å². The lowest BCUT2D eigenvalue weighted by Gasteiger charge is -2.27. The predicted molar refractivity (Wildman–Crippen MR) is 160 cm³/mol. The van der Waals surface area contributed by atoms with Gasteiger partial charge in [-0.05, 0) is 52.1 Å². The first kappa shape index (κ1) is 28.5. The zero-order chi connectivity index (χ0) is 30.8. The van der Waals surface area contributed by atoms with Crippen LogP contribution in [0.5, 0.6) is 0 Å². The second-order valence-electron chi connectivity index (χ2n) is 10.8. The largest absolute Gasteiger partial charge is 0.352 e. The van der Waals surface area contributed by atoms with Crippen molar-refractivity contribution in [2.45, 2.75) is 38.4 Å². The molecule has 1 saturated heterocycles. The lowest BCUT2D eigenvalue weighted by Crippen LogP contribution is -2.54. The highest BCUT2D eigenvalue weighted by Gasteiger charge is 2.44. The van der Waals surface area contributed by atoms with Gasteiger partial charge in [-0.1, -0.05) is 66.7 Å². The Hall–Kier alpha value is -5.64. The van der Waals surface area contributed by atoms with Gasteiger partial charge >= 0.3 is 0 Å². The minimum Gasteiger partial charge on any atom is -0.352 e. The van der Waals surface area contributed by atoms with Crippen LogP contribution in [-0.2, 0) is 33.9 Å². The molecular formula is C34H28N4O6. The van der Waals surface area contributed by atoms with E-state index in [-0.39, 0.29) is 48.4 Å². The standard InChI is InChI=1S/C34H28N4O6/c39-29-15-14-28(32(42)37-29)38-33(43)26-13-12-24(16-27(26)34(38)44)31(41)36-19-21-10-8-20(9-11-21)18-35-30(40)17-23-6-3-5-22-4-1-2-7-25(22)23/h1-13,16,28H,14-15,17-19H2,(H,35,40)(H,36,41)(H,37,39,42). The molecule has 1 atom stereocenters. The van der Waals surface area contributed by atoms with Crippen molar-refractivity contribution < 1.29 is 28.8 Å². The van der Waals surface area contributed by atoms with Gasteiger partial charge in [0, 0.05) is 25.1 Å². The van der Waals surface area contributed by atoms with Gasteiger partial charge in [0.25, 0.3) is 17.7 Å². The highest BCUT2D eigenvalue weighted by Crippen LogP contribution is 2.28. The summed E-state index contributed by atoms with van der Waals surface area (Å²) in [5.74, 6) is -2.95. The monoisotopic (exact) mass is 588 g/mol. The minimum absolute atomic E-state index is 0.0268. The Morgan fingerprint density at radius 3 is 2.20 bits per heavy atom. The summed E-state index contributed by atoms with van der Waals surface area (Å²) in [6.07, 6.45) is 0.363. The Morgan fingerprint density at radius 2 is 1.45 bits per heavy atom. The molecule has 6 amide bonds. The van der Waals surface area contributed by atoms with Gasteiger partial charge in [0.15, 0.2) is 0 Å². The van der Waals surface area contributed by atoms with Gasteiger partial charge in [-0.2, -0.15) is 0 Å². The molecule has 2 aliphatic rings. The molecule has 1 unspecified atom stereocenters. The van der Waals surface area contributed by atoms with Crippen LogP contribution in [0, 0.1) is 0 Å². The smallest absolute Gasteiger partial charge is 0.262 e. The minimum atomic E-state index is -1.07. The third kappa shape index (κ3) is 5.69. The molecule has 0 bridgehead atoms. The molecule has 1 fully saturated rings. The maximum atomic E-state index is 13.0.